The van der Waals surface area contributed by atoms with E-state index in [2.05, 4.69) is 4.90 Å². The summed E-state index contributed by atoms with van der Waals surface area (Å²) in [6.07, 6.45) is 5.45. The van der Waals surface area contributed by atoms with E-state index in [9.17, 15) is 10.2 Å². The summed E-state index contributed by atoms with van der Waals surface area (Å²) in [5, 5.41) is 20.5. The summed E-state index contributed by atoms with van der Waals surface area (Å²) in [4.78, 5) is 2.15. The number of likely N-dealkylation sites (N-methyl/N-ethyl adjacent to an activating group) is 1. The Labute approximate surface area is 104 Å². The van der Waals surface area contributed by atoms with Gasteiger partial charge >= 0.3 is 0 Å². The molecule has 4 heteroatoms. The van der Waals surface area contributed by atoms with Crippen molar-refractivity contribution < 1.29 is 14.9 Å². The Morgan fingerprint density at radius 2 is 1.88 bits per heavy atom. The van der Waals surface area contributed by atoms with Gasteiger partial charge in [0.2, 0.25) is 0 Å². The average molecular weight is 243 g/mol. The second-order valence-electron chi connectivity index (χ2n) is 5.67. The SMILES string of the molecule is CN(CC1(O)CCOCC1)C1CCCCC1O. The van der Waals surface area contributed by atoms with Crippen LogP contribution in [0, 0.1) is 0 Å². The quantitative estimate of drug-likeness (QED) is 0.768. The first-order valence-corrected chi connectivity index (χ1v) is 6.79. The summed E-state index contributed by atoms with van der Waals surface area (Å²) in [6.45, 7) is 1.95. The Balaban J connectivity index is 1.88. The van der Waals surface area contributed by atoms with Crippen molar-refractivity contribution in [3.8, 4) is 0 Å². The highest BCUT2D eigenvalue weighted by Crippen LogP contribution is 2.26. The highest BCUT2D eigenvalue weighted by atomic mass is 16.5. The Hall–Kier alpha value is -0.160. The molecule has 0 spiro atoms. The molecule has 17 heavy (non-hydrogen) atoms. The zero-order chi connectivity index (χ0) is 12.3. The molecule has 2 atom stereocenters. The molecule has 0 amide bonds. The van der Waals surface area contributed by atoms with Gasteiger partial charge in [0.25, 0.3) is 0 Å². The van der Waals surface area contributed by atoms with Crippen LogP contribution >= 0.6 is 0 Å². The molecular formula is C13H25NO3. The first-order chi connectivity index (χ1) is 8.11. The van der Waals surface area contributed by atoms with Gasteiger partial charge in [0.15, 0.2) is 0 Å². The lowest BCUT2D eigenvalue weighted by molar-refractivity contribution is -0.0908. The van der Waals surface area contributed by atoms with Gasteiger partial charge in [-0.05, 0) is 19.9 Å². The van der Waals surface area contributed by atoms with E-state index in [0.29, 0.717) is 32.6 Å². The summed E-state index contributed by atoms with van der Waals surface area (Å²) in [5.74, 6) is 0. The molecule has 2 fully saturated rings. The summed E-state index contributed by atoms with van der Waals surface area (Å²) in [5.41, 5.74) is -0.621. The normalized spacial score (nSPS) is 33.9. The van der Waals surface area contributed by atoms with Gasteiger partial charge in [-0.3, -0.25) is 4.90 Å². The summed E-state index contributed by atoms with van der Waals surface area (Å²) in [7, 11) is 2.02. The van der Waals surface area contributed by atoms with Crippen LogP contribution in [0.1, 0.15) is 38.5 Å². The summed E-state index contributed by atoms with van der Waals surface area (Å²) < 4.78 is 5.29. The van der Waals surface area contributed by atoms with Gasteiger partial charge in [-0.25, -0.2) is 0 Å². The van der Waals surface area contributed by atoms with Gasteiger partial charge in [0.1, 0.15) is 0 Å². The number of aliphatic hydroxyl groups is 2. The Bertz CT molecular complexity index is 241. The maximum atomic E-state index is 10.5. The van der Waals surface area contributed by atoms with E-state index >= 15 is 0 Å². The molecule has 2 unspecified atom stereocenters. The van der Waals surface area contributed by atoms with E-state index in [1.807, 2.05) is 7.05 Å². The molecule has 0 bridgehead atoms. The van der Waals surface area contributed by atoms with Crippen molar-refractivity contribution >= 4 is 0 Å². The molecule has 1 aliphatic heterocycles. The van der Waals surface area contributed by atoms with Gasteiger partial charge in [0.05, 0.1) is 11.7 Å². The largest absolute Gasteiger partial charge is 0.391 e. The monoisotopic (exact) mass is 243 g/mol. The molecule has 0 aromatic rings. The molecule has 2 N–H and O–H groups in total. The highest BCUT2D eigenvalue weighted by Gasteiger charge is 2.35. The van der Waals surface area contributed by atoms with Crippen LogP contribution in [0.4, 0.5) is 0 Å². The topological polar surface area (TPSA) is 52.9 Å². The minimum atomic E-state index is -0.621. The van der Waals surface area contributed by atoms with Crippen molar-refractivity contribution in [3.63, 3.8) is 0 Å². The van der Waals surface area contributed by atoms with Crippen molar-refractivity contribution in [1.29, 1.82) is 0 Å². The number of hydrogen-bond acceptors (Lipinski definition) is 4. The van der Waals surface area contributed by atoms with Crippen molar-refractivity contribution in [2.75, 3.05) is 26.8 Å². The Morgan fingerprint density at radius 3 is 2.53 bits per heavy atom. The first kappa shape index (κ1) is 13.3. The van der Waals surface area contributed by atoms with Gasteiger partial charge in [-0.15, -0.1) is 0 Å². The molecule has 2 aliphatic rings. The van der Waals surface area contributed by atoms with Crippen LogP contribution in [0.5, 0.6) is 0 Å². The number of aliphatic hydroxyl groups excluding tert-OH is 1. The third-order valence-electron chi connectivity index (χ3n) is 4.23. The number of hydrogen-bond donors (Lipinski definition) is 2. The van der Waals surface area contributed by atoms with E-state index < -0.39 is 5.60 Å². The molecule has 1 saturated heterocycles. The molecule has 1 heterocycles. The molecule has 100 valence electrons. The van der Waals surface area contributed by atoms with Crippen molar-refractivity contribution in [2.45, 2.75) is 56.3 Å². The zero-order valence-corrected chi connectivity index (χ0v) is 10.8. The van der Waals surface area contributed by atoms with E-state index in [1.54, 1.807) is 0 Å². The fourth-order valence-electron chi connectivity index (χ4n) is 3.10. The Kier molecular flexibility index (Phi) is 4.42. The fourth-order valence-corrected chi connectivity index (χ4v) is 3.10. The van der Waals surface area contributed by atoms with Crippen molar-refractivity contribution in [1.82, 2.24) is 4.90 Å². The minimum absolute atomic E-state index is 0.218. The van der Waals surface area contributed by atoms with Crippen LogP contribution in [0.2, 0.25) is 0 Å². The summed E-state index contributed by atoms with van der Waals surface area (Å²) in [6, 6.07) is 0.218. The van der Waals surface area contributed by atoms with Gasteiger partial charge < -0.3 is 14.9 Å². The fraction of sp³-hybridized carbons (Fsp3) is 1.00. The van der Waals surface area contributed by atoms with Crippen LogP contribution in [0.3, 0.4) is 0 Å². The average Bonchev–Trinajstić information content (AvgIpc) is 2.29. The van der Waals surface area contributed by atoms with Crippen LogP contribution in [0.15, 0.2) is 0 Å². The van der Waals surface area contributed by atoms with Gasteiger partial charge in [-0.1, -0.05) is 12.8 Å². The van der Waals surface area contributed by atoms with Crippen molar-refractivity contribution in [2.24, 2.45) is 0 Å². The third kappa shape index (κ3) is 3.41. The first-order valence-electron chi connectivity index (χ1n) is 6.79. The zero-order valence-electron chi connectivity index (χ0n) is 10.8. The minimum Gasteiger partial charge on any atom is -0.391 e. The molecule has 1 aliphatic carbocycles. The second-order valence-corrected chi connectivity index (χ2v) is 5.67. The third-order valence-corrected chi connectivity index (χ3v) is 4.23. The molecular weight excluding hydrogens is 218 g/mol. The maximum absolute atomic E-state index is 10.5. The molecule has 0 aromatic carbocycles. The molecule has 0 radical (unpaired) electrons. The predicted molar refractivity (Wildman–Crippen MR) is 65.9 cm³/mol. The van der Waals surface area contributed by atoms with Crippen molar-refractivity contribution in [3.05, 3.63) is 0 Å². The van der Waals surface area contributed by atoms with Gasteiger partial charge in [0, 0.05) is 38.6 Å². The smallest absolute Gasteiger partial charge is 0.0817 e. The summed E-state index contributed by atoms with van der Waals surface area (Å²) >= 11 is 0. The van der Waals surface area contributed by atoms with Crippen LogP contribution in [-0.2, 0) is 4.74 Å². The van der Waals surface area contributed by atoms with E-state index in [1.165, 1.54) is 6.42 Å². The molecule has 2 rings (SSSR count). The van der Waals surface area contributed by atoms with Crippen LogP contribution in [0.25, 0.3) is 0 Å². The lowest BCUT2D eigenvalue weighted by atomic mass is 9.89. The highest BCUT2D eigenvalue weighted by molar-refractivity contribution is 4.89. The number of ether oxygens (including phenoxy) is 1. The van der Waals surface area contributed by atoms with E-state index in [-0.39, 0.29) is 12.1 Å². The lowest BCUT2D eigenvalue weighted by Gasteiger charge is -2.41. The predicted octanol–water partition coefficient (Wildman–Crippen LogP) is 0.763. The maximum Gasteiger partial charge on any atom is 0.0817 e. The standard InChI is InChI=1S/C13H25NO3/c1-14(11-4-2-3-5-12(11)15)10-13(16)6-8-17-9-7-13/h11-12,15-16H,2-10H2,1H3. The molecule has 1 saturated carbocycles. The number of nitrogens with zero attached hydrogens (tertiary/aromatic N) is 1. The van der Waals surface area contributed by atoms with Crippen LogP contribution < -0.4 is 0 Å². The number of rotatable bonds is 3. The second kappa shape index (κ2) is 5.65. The van der Waals surface area contributed by atoms with E-state index in [4.69, 9.17) is 4.74 Å². The molecule has 4 nitrogen and oxygen atoms in total. The molecule has 0 aromatic heterocycles. The Morgan fingerprint density at radius 1 is 1.24 bits per heavy atom. The van der Waals surface area contributed by atoms with E-state index in [0.717, 1.165) is 19.3 Å². The lowest BCUT2D eigenvalue weighted by Crippen LogP contribution is -2.52. The van der Waals surface area contributed by atoms with Crippen LogP contribution in [-0.4, -0.2) is 59.7 Å². The van der Waals surface area contributed by atoms with Gasteiger partial charge in [-0.2, -0.15) is 0 Å².